The summed E-state index contributed by atoms with van der Waals surface area (Å²) in [5, 5.41) is 4.46. The number of hydrogen-bond donors (Lipinski definition) is 1. The van der Waals surface area contributed by atoms with Crippen LogP contribution >= 0.6 is 22.9 Å². The van der Waals surface area contributed by atoms with Gasteiger partial charge in [-0.3, -0.25) is 4.79 Å². The Labute approximate surface area is 207 Å². The molecule has 2 aromatic carbocycles. The summed E-state index contributed by atoms with van der Waals surface area (Å²) in [6.45, 7) is 5.38. The van der Waals surface area contributed by atoms with Gasteiger partial charge in [0.2, 0.25) is 0 Å². The van der Waals surface area contributed by atoms with Gasteiger partial charge in [-0.1, -0.05) is 17.7 Å². The van der Waals surface area contributed by atoms with Crippen molar-refractivity contribution in [3.05, 3.63) is 70.3 Å². The molecule has 1 aliphatic rings. The van der Waals surface area contributed by atoms with Crippen molar-refractivity contribution >= 4 is 56.3 Å². The van der Waals surface area contributed by atoms with Gasteiger partial charge >= 0.3 is 0 Å². The number of piperazine rings is 1. The number of methoxy groups -OCH3 is 1. The van der Waals surface area contributed by atoms with Crippen LogP contribution in [-0.2, 0) is 0 Å². The second-order valence-corrected chi connectivity index (χ2v) is 9.51. The first-order valence-electron chi connectivity index (χ1n) is 11.0. The van der Waals surface area contributed by atoms with E-state index >= 15 is 0 Å². The standard InChI is InChI=1S/C25H24ClN5O2S/c1-16-21-23(31-12-10-30(11-13-31)19-6-8-20(33-2)9-7-19)27-15-28-25(21)34-22(16)24(32)29-18-5-3-4-17(26)14-18/h3-9,14-15H,10-13H2,1-2H3,(H,29,32). The van der Waals surface area contributed by atoms with Gasteiger partial charge in [-0.05, 0) is 55.0 Å². The highest BCUT2D eigenvalue weighted by Crippen LogP contribution is 2.36. The van der Waals surface area contributed by atoms with Crippen molar-refractivity contribution in [1.29, 1.82) is 0 Å². The Kier molecular flexibility index (Phi) is 6.26. The van der Waals surface area contributed by atoms with Crippen molar-refractivity contribution in [3.63, 3.8) is 0 Å². The van der Waals surface area contributed by atoms with Crippen LogP contribution in [0.5, 0.6) is 5.75 Å². The van der Waals surface area contributed by atoms with Crippen LogP contribution in [-0.4, -0.2) is 49.2 Å². The summed E-state index contributed by atoms with van der Waals surface area (Å²) >= 11 is 7.45. The molecule has 1 fully saturated rings. The summed E-state index contributed by atoms with van der Waals surface area (Å²) in [5.74, 6) is 1.57. The quantitative estimate of drug-likeness (QED) is 0.410. The Balaban J connectivity index is 1.36. The Morgan fingerprint density at radius 1 is 1.06 bits per heavy atom. The summed E-state index contributed by atoms with van der Waals surface area (Å²) in [6, 6.07) is 15.3. The van der Waals surface area contributed by atoms with Gasteiger partial charge in [0.15, 0.2) is 0 Å². The van der Waals surface area contributed by atoms with Gasteiger partial charge < -0.3 is 19.9 Å². The zero-order valence-corrected chi connectivity index (χ0v) is 20.5. The first-order chi connectivity index (χ1) is 16.5. The molecule has 3 heterocycles. The maximum Gasteiger partial charge on any atom is 0.266 e. The van der Waals surface area contributed by atoms with Crippen molar-refractivity contribution < 1.29 is 9.53 Å². The fraction of sp³-hybridized carbons (Fsp3) is 0.240. The Morgan fingerprint density at radius 2 is 1.79 bits per heavy atom. The van der Waals surface area contributed by atoms with Crippen LogP contribution in [0.25, 0.3) is 10.2 Å². The Bertz CT molecular complexity index is 1330. The van der Waals surface area contributed by atoms with Crippen LogP contribution in [0.15, 0.2) is 54.9 Å². The van der Waals surface area contributed by atoms with Gasteiger partial charge in [-0.25, -0.2) is 9.97 Å². The lowest BCUT2D eigenvalue weighted by Gasteiger charge is -2.37. The summed E-state index contributed by atoms with van der Waals surface area (Å²) in [4.78, 5) is 28.2. The van der Waals surface area contributed by atoms with Gasteiger partial charge in [-0.2, -0.15) is 0 Å². The number of aryl methyl sites for hydroxylation is 1. The number of nitrogens with zero attached hydrogens (tertiary/aromatic N) is 4. The number of carbonyl (C=O) groups is 1. The minimum absolute atomic E-state index is 0.168. The van der Waals surface area contributed by atoms with Gasteiger partial charge in [0.05, 0.1) is 17.4 Å². The minimum atomic E-state index is -0.168. The van der Waals surface area contributed by atoms with E-state index < -0.39 is 0 Å². The highest BCUT2D eigenvalue weighted by molar-refractivity contribution is 7.20. The molecule has 9 heteroatoms. The fourth-order valence-electron chi connectivity index (χ4n) is 4.23. The minimum Gasteiger partial charge on any atom is -0.497 e. The number of halogens is 1. The molecule has 0 saturated carbocycles. The van der Waals surface area contributed by atoms with Gasteiger partial charge in [0, 0.05) is 42.6 Å². The Morgan fingerprint density at radius 3 is 2.50 bits per heavy atom. The van der Waals surface area contributed by atoms with Crippen molar-refractivity contribution in [2.24, 2.45) is 0 Å². The van der Waals surface area contributed by atoms with E-state index in [0.717, 1.165) is 53.5 Å². The highest BCUT2D eigenvalue weighted by atomic mass is 35.5. The molecule has 0 spiro atoms. The molecule has 2 aromatic heterocycles. The second kappa shape index (κ2) is 9.48. The third-order valence-corrected chi connectivity index (χ3v) is 7.45. The van der Waals surface area contributed by atoms with Crippen molar-refractivity contribution in [2.45, 2.75) is 6.92 Å². The van der Waals surface area contributed by atoms with Crippen LogP contribution in [0.3, 0.4) is 0 Å². The molecule has 0 radical (unpaired) electrons. The number of amides is 1. The molecule has 7 nitrogen and oxygen atoms in total. The van der Waals surface area contributed by atoms with Crippen LogP contribution in [0.2, 0.25) is 5.02 Å². The predicted octanol–water partition coefficient (Wildman–Crippen LogP) is 5.24. The number of aromatic nitrogens is 2. The van der Waals surface area contributed by atoms with E-state index in [0.29, 0.717) is 15.6 Å². The third kappa shape index (κ3) is 4.38. The normalized spacial score (nSPS) is 13.9. The molecule has 0 aliphatic carbocycles. The number of nitrogens with one attached hydrogen (secondary N) is 1. The van der Waals surface area contributed by atoms with Crippen molar-refractivity contribution in [2.75, 3.05) is 48.4 Å². The zero-order chi connectivity index (χ0) is 23.7. The van der Waals surface area contributed by atoms with E-state index in [1.807, 2.05) is 31.2 Å². The number of fused-ring (bicyclic) bond motifs is 1. The SMILES string of the molecule is COc1ccc(N2CCN(c3ncnc4sc(C(=O)Nc5cccc(Cl)c5)c(C)c34)CC2)cc1. The first-order valence-corrected chi connectivity index (χ1v) is 12.2. The molecule has 1 N–H and O–H groups in total. The summed E-state index contributed by atoms with van der Waals surface area (Å²) in [6.07, 6.45) is 1.59. The maximum absolute atomic E-state index is 13.0. The average Bonchev–Trinajstić information content (AvgIpc) is 3.21. The van der Waals surface area contributed by atoms with Crippen molar-refractivity contribution in [1.82, 2.24) is 9.97 Å². The first kappa shape index (κ1) is 22.4. The number of carbonyl (C=O) groups excluding carboxylic acids is 1. The molecule has 34 heavy (non-hydrogen) atoms. The lowest BCUT2D eigenvalue weighted by Crippen LogP contribution is -2.46. The number of rotatable bonds is 5. The lowest BCUT2D eigenvalue weighted by molar-refractivity contribution is 0.103. The van der Waals surface area contributed by atoms with E-state index in [4.69, 9.17) is 16.3 Å². The number of benzene rings is 2. The van der Waals surface area contributed by atoms with Crippen LogP contribution in [0, 0.1) is 6.92 Å². The average molecular weight is 494 g/mol. The van der Waals surface area contributed by atoms with Gasteiger partial charge in [0.25, 0.3) is 5.91 Å². The maximum atomic E-state index is 13.0. The fourth-order valence-corrected chi connectivity index (χ4v) is 5.46. The lowest BCUT2D eigenvalue weighted by atomic mass is 10.1. The van der Waals surface area contributed by atoms with Crippen LogP contribution < -0.4 is 19.9 Å². The number of thiophene rings is 1. The van der Waals surface area contributed by atoms with E-state index in [9.17, 15) is 4.79 Å². The summed E-state index contributed by atoms with van der Waals surface area (Å²) in [7, 11) is 1.68. The number of ether oxygens (including phenoxy) is 1. The Hall–Kier alpha value is -3.36. The monoisotopic (exact) mass is 493 g/mol. The molecular formula is C25H24ClN5O2S. The number of hydrogen-bond acceptors (Lipinski definition) is 7. The molecular weight excluding hydrogens is 470 g/mol. The predicted molar refractivity (Wildman–Crippen MR) is 139 cm³/mol. The number of anilines is 3. The molecule has 1 aliphatic heterocycles. The molecule has 1 saturated heterocycles. The third-order valence-electron chi connectivity index (χ3n) is 6.01. The van der Waals surface area contributed by atoms with E-state index in [1.54, 1.807) is 25.6 Å². The molecule has 0 bridgehead atoms. The zero-order valence-electron chi connectivity index (χ0n) is 18.9. The van der Waals surface area contributed by atoms with E-state index in [-0.39, 0.29) is 5.91 Å². The summed E-state index contributed by atoms with van der Waals surface area (Å²) in [5.41, 5.74) is 2.74. The molecule has 1 amide bonds. The van der Waals surface area contributed by atoms with E-state index in [1.165, 1.54) is 17.0 Å². The second-order valence-electron chi connectivity index (χ2n) is 8.07. The van der Waals surface area contributed by atoms with E-state index in [2.05, 4.69) is 37.2 Å². The van der Waals surface area contributed by atoms with Crippen LogP contribution in [0.4, 0.5) is 17.2 Å². The molecule has 5 rings (SSSR count). The topological polar surface area (TPSA) is 70.6 Å². The highest BCUT2D eigenvalue weighted by Gasteiger charge is 2.25. The van der Waals surface area contributed by atoms with Gasteiger partial charge in [-0.15, -0.1) is 11.3 Å². The van der Waals surface area contributed by atoms with Crippen molar-refractivity contribution in [3.8, 4) is 5.75 Å². The molecule has 0 atom stereocenters. The summed E-state index contributed by atoms with van der Waals surface area (Å²) < 4.78 is 5.27. The van der Waals surface area contributed by atoms with Gasteiger partial charge in [0.1, 0.15) is 22.7 Å². The molecule has 174 valence electrons. The smallest absolute Gasteiger partial charge is 0.266 e. The molecule has 4 aromatic rings. The largest absolute Gasteiger partial charge is 0.497 e. The molecule has 0 unspecified atom stereocenters. The van der Waals surface area contributed by atoms with Crippen LogP contribution in [0.1, 0.15) is 15.2 Å².